The fraction of sp³-hybridized carbons (Fsp3) is 0.417. The number of pyridine rings is 1. The Morgan fingerprint density at radius 3 is 2.90 bits per heavy atom. The topological polar surface area (TPSA) is 90.6 Å². The summed E-state index contributed by atoms with van der Waals surface area (Å²) in [7, 11) is 1.53. The Hall–Kier alpha value is -1.93. The van der Waals surface area contributed by atoms with Crippen molar-refractivity contribution in [1.29, 1.82) is 0 Å². The van der Waals surface area contributed by atoms with Crippen molar-refractivity contribution in [3.05, 3.63) is 11.2 Å². The second-order valence-corrected chi connectivity index (χ2v) is 5.31. The number of amides is 1. The molecule has 3 rings (SSSR count). The van der Waals surface area contributed by atoms with E-state index in [4.69, 9.17) is 15.2 Å². The van der Waals surface area contributed by atoms with Crippen LogP contribution in [0.15, 0.2) is 6.20 Å². The van der Waals surface area contributed by atoms with Crippen molar-refractivity contribution < 1.29 is 14.3 Å². The summed E-state index contributed by atoms with van der Waals surface area (Å²) >= 11 is 1.27. The van der Waals surface area contributed by atoms with Gasteiger partial charge in [-0.2, -0.15) is 0 Å². The predicted molar refractivity (Wildman–Crippen MR) is 75.5 cm³/mol. The molecule has 1 amide bonds. The third-order valence-electron chi connectivity index (χ3n) is 3.12. The number of rotatable bonds is 3. The van der Waals surface area contributed by atoms with Gasteiger partial charge >= 0.3 is 0 Å². The number of nitrogens with two attached hydrogens (primary N) is 1. The van der Waals surface area contributed by atoms with Crippen molar-refractivity contribution in [3.63, 3.8) is 0 Å². The molecule has 0 saturated carbocycles. The molecule has 2 N–H and O–H groups in total. The number of carbonyl (C=O) groups is 1. The molecule has 7 nitrogen and oxygen atoms in total. The fourth-order valence-corrected chi connectivity index (χ4v) is 3.11. The van der Waals surface area contributed by atoms with Gasteiger partial charge in [-0.3, -0.25) is 4.79 Å². The molecular formula is C12H14N4O3S. The molecule has 0 aliphatic carbocycles. The van der Waals surface area contributed by atoms with Crippen LogP contribution in [-0.4, -0.2) is 49.3 Å². The van der Waals surface area contributed by atoms with E-state index in [1.807, 2.05) is 0 Å². The fourth-order valence-electron chi connectivity index (χ4n) is 2.16. The smallest absolute Gasteiger partial charge is 0.277 e. The van der Waals surface area contributed by atoms with E-state index in [1.165, 1.54) is 18.4 Å². The summed E-state index contributed by atoms with van der Waals surface area (Å²) in [6.45, 7) is 2.92. The highest BCUT2D eigenvalue weighted by Gasteiger charge is 2.21. The SMILES string of the molecule is COc1ncc(N2CCOCC2)c2sc(C(N)=O)nc12. The number of anilines is 1. The number of hydrogen-bond donors (Lipinski definition) is 1. The van der Waals surface area contributed by atoms with Crippen molar-refractivity contribution in [2.75, 3.05) is 38.3 Å². The van der Waals surface area contributed by atoms with Gasteiger partial charge in [-0.05, 0) is 0 Å². The second-order valence-electron chi connectivity index (χ2n) is 4.31. The number of fused-ring (bicyclic) bond motifs is 1. The minimum absolute atomic E-state index is 0.265. The molecule has 20 heavy (non-hydrogen) atoms. The summed E-state index contributed by atoms with van der Waals surface area (Å²) in [5, 5.41) is 0.265. The lowest BCUT2D eigenvalue weighted by Crippen LogP contribution is -2.36. The van der Waals surface area contributed by atoms with E-state index in [0.29, 0.717) is 24.6 Å². The lowest BCUT2D eigenvalue weighted by Gasteiger charge is -2.28. The maximum atomic E-state index is 11.3. The molecule has 1 fully saturated rings. The Labute approximate surface area is 119 Å². The van der Waals surface area contributed by atoms with Crippen LogP contribution in [0.3, 0.4) is 0 Å². The zero-order valence-electron chi connectivity index (χ0n) is 11.0. The largest absolute Gasteiger partial charge is 0.479 e. The number of aromatic nitrogens is 2. The van der Waals surface area contributed by atoms with E-state index in [1.54, 1.807) is 6.20 Å². The number of methoxy groups -OCH3 is 1. The zero-order chi connectivity index (χ0) is 14.1. The molecule has 2 aromatic rings. The molecule has 1 saturated heterocycles. The van der Waals surface area contributed by atoms with Gasteiger partial charge in [0.1, 0.15) is 5.52 Å². The molecule has 0 atom stereocenters. The summed E-state index contributed by atoms with van der Waals surface area (Å²) in [6.07, 6.45) is 1.75. The van der Waals surface area contributed by atoms with Crippen molar-refractivity contribution >= 4 is 33.1 Å². The first kappa shape index (κ1) is 13.1. The highest BCUT2D eigenvalue weighted by molar-refractivity contribution is 7.21. The number of thiazole rings is 1. The number of ether oxygens (including phenoxy) is 2. The van der Waals surface area contributed by atoms with Gasteiger partial charge < -0.3 is 20.1 Å². The van der Waals surface area contributed by atoms with Crippen LogP contribution in [0.1, 0.15) is 9.80 Å². The molecule has 0 unspecified atom stereocenters. The maximum Gasteiger partial charge on any atom is 0.277 e. The van der Waals surface area contributed by atoms with Gasteiger partial charge in [0.15, 0.2) is 5.01 Å². The highest BCUT2D eigenvalue weighted by Crippen LogP contribution is 2.36. The average Bonchev–Trinajstić information content (AvgIpc) is 2.92. The predicted octanol–water partition coefficient (Wildman–Crippen LogP) is 0.635. The van der Waals surface area contributed by atoms with E-state index in [2.05, 4.69) is 14.9 Å². The molecule has 0 aromatic carbocycles. The van der Waals surface area contributed by atoms with Gasteiger partial charge in [0.05, 0.1) is 36.9 Å². The van der Waals surface area contributed by atoms with Crippen molar-refractivity contribution in [2.45, 2.75) is 0 Å². The number of primary amides is 1. The van der Waals surface area contributed by atoms with Gasteiger partial charge in [0.2, 0.25) is 5.88 Å². The molecule has 106 valence electrons. The third kappa shape index (κ3) is 2.16. The van der Waals surface area contributed by atoms with Crippen LogP contribution in [0.2, 0.25) is 0 Å². The maximum absolute atomic E-state index is 11.3. The summed E-state index contributed by atoms with van der Waals surface area (Å²) < 4.78 is 11.4. The summed E-state index contributed by atoms with van der Waals surface area (Å²) in [4.78, 5) is 22.0. The van der Waals surface area contributed by atoms with E-state index >= 15 is 0 Å². The van der Waals surface area contributed by atoms with Crippen molar-refractivity contribution in [1.82, 2.24) is 9.97 Å². The molecule has 1 aliphatic rings. The Balaban J connectivity index is 2.14. The van der Waals surface area contributed by atoms with Crippen LogP contribution in [0, 0.1) is 0 Å². The Kier molecular flexibility index (Phi) is 3.41. The molecule has 1 aliphatic heterocycles. The van der Waals surface area contributed by atoms with E-state index in [9.17, 15) is 4.79 Å². The lowest BCUT2D eigenvalue weighted by molar-refractivity contribution is 0.1000. The third-order valence-corrected chi connectivity index (χ3v) is 4.21. The van der Waals surface area contributed by atoms with Crippen LogP contribution in [0.5, 0.6) is 5.88 Å². The number of hydrogen-bond acceptors (Lipinski definition) is 7. The number of carbonyl (C=O) groups excluding carboxylic acids is 1. The Morgan fingerprint density at radius 2 is 2.25 bits per heavy atom. The van der Waals surface area contributed by atoms with Crippen molar-refractivity contribution in [2.24, 2.45) is 5.73 Å². The number of nitrogens with zero attached hydrogens (tertiary/aromatic N) is 3. The standard InChI is InChI=1S/C12H14N4O3S/c1-18-11-8-9(20-12(15-8)10(13)17)7(6-14-11)16-2-4-19-5-3-16/h6H,2-5H2,1H3,(H2,13,17). The van der Waals surface area contributed by atoms with Gasteiger partial charge in [-0.1, -0.05) is 0 Å². The second kappa shape index (κ2) is 5.22. The van der Waals surface area contributed by atoms with Gasteiger partial charge in [-0.15, -0.1) is 11.3 Å². The van der Waals surface area contributed by atoms with Crippen LogP contribution < -0.4 is 15.4 Å². The van der Waals surface area contributed by atoms with Crippen LogP contribution in [0.25, 0.3) is 10.2 Å². The lowest BCUT2D eigenvalue weighted by atomic mass is 10.3. The van der Waals surface area contributed by atoms with Gasteiger partial charge in [-0.25, -0.2) is 9.97 Å². The van der Waals surface area contributed by atoms with E-state index in [0.717, 1.165) is 23.5 Å². The molecular weight excluding hydrogens is 280 g/mol. The van der Waals surface area contributed by atoms with Crippen LogP contribution in [-0.2, 0) is 4.74 Å². The monoisotopic (exact) mass is 294 g/mol. The summed E-state index contributed by atoms with van der Waals surface area (Å²) in [5.74, 6) is -0.137. The quantitative estimate of drug-likeness (QED) is 0.893. The molecule has 2 aromatic heterocycles. The molecule has 0 bridgehead atoms. The van der Waals surface area contributed by atoms with Gasteiger partial charge in [0.25, 0.3) is 5.91 Å². The summed E-state index contributed by atoms with van der Waals surface area (Å²) in [6, 6.07) is 0. The minimum atomic E-state index is -0.541. The van der Waals surface area contributed by atoms with Gasteiger partial charge in [0, 0.05) is 13.1 Å². The molecule has 0 radical (unpaired) electrons. The molecule has 3 heterocycles. The molecule has 0 spiro atoms. The minimum Gasteiger partial charge on any atom is -0.479 e. The molecule has 8 heteroatoms. The number of morpholine rings is 1. The summed E-state index contributed by atoms with van der Waals surface area (Å²) in [5.41, 5.74) is 6.83. The van der Waals surface area contributed by atoms with Crippen molar-refractivity contribution in [3.8, 4) is 5.88 Å². The normalized spacial score (nSPS) is 15.6. The average molecular weight is 294 g/mol. The Bertz CT molecular complexity index is 651. The zero-order valence-corrected chi connectivity index (χ0v) is 11.8. The highest BCUT2D eigenvalue weighted by atomic mass is 32.1. The van der Waals surface area contributed by atoms with Crippen LogP contribution in [0.4, 0.5) is 5.69 Å². The first-order valence-corrected chi connectivity index (χ1v) is 6.98. The van der Waals surface area contributed by atoms with Crippen LogP contribution >= 0.6 is 11.3 Å². The Morgan fingerprint density at radius 1 is 1.50 bits per heavy atom. The first-order valence-electron chi connectivity index (χ1n) is 6.16. The van der Waals surface area contributed by atoms with E-state index < -0.39 is 5.91 Å². The first-order chi connectivity index (χ1) is 9.70. The van der Waals surface area contributed by atoms with E-state index in [-0.39, 0.29) is 5.01 Å².